The van der Waals surface area contributed by atoms with E-state index in [-0.39, 0.29) is 13.2 Å². The number of rotatable bonds is 6. The maximum absolute atomic E-state index is 13.5. The third-order valence-electron chi connectivity index (χ3n) is 4.27. The van der Waals surface area contributed by atoms with Gasteiger partial charge in [-0.25, -0.2) is 0 Å². The van der Waals surface area contributed by atoms with Crippen molar-refractivity contribution in [3.63, 3.8) is 0 Å². The smallest absolute Gasteiger partial charge is 0.307 e. The fourth-order valence-electron chi connectivity index (χ4n) is 3.34. The molecule has 0 N–H and O–H groups in total. The van der Waals surface area contributed by atoms with Crippen molar-refractivity contribution >= 4 is 19.2 Å². The summed E-state index contributed by atoms with van der Waals surface area (Å²) in [5.41, 5.74) is 9.89. The SMILES string of the molecule is C=C1[C@@H]2[C@H](N=[N+]=[N-])C(=O)N2C(P(=O)(OCC)OCC)c2cccc[n+]21. The molecular weight excluding hydrogens is 345 g/mol. The molecule has 1 aromatic rings. The zero-order valence-corrected chi connectivity index (χ0v) is 14.9. The van der Waals surface area contributed by atoms with Gasteiger partial charge in [0.15, 0.2) is 6.20 Å². The van der Waals surface area contributed by atoms with Gasteiger partial charge in [0.05, 0.1) is 13.2 Å². The lowest BCUT2D eigenvalue weighted by Crippen LogP contribution is -2.71. The second-order valence-electron chi connectivity index (χ2n) is 5.58. The number of amides is 1. The van der Waals surface area contributed by atoms with E-state index in [9.17, 15) is 9.36 Å². The van der Waals surface area contributed by atoms with E-state index >= 15 is 0 Å². The lowest BCUT2D eigenvalue weighted by molar-refractivity contribution is -0.603. The van der Waals surface area contributed by atoms with Crippen molar-refractivity contribution in [2.45, 2.75) is 31.7 Å². The molecule has 1 aromatic heterocycles. The van der Waals surface area contributed by atoms with Crippen LogP contribution in [0.15, 0.2) is 36.1 Å². The number of aromatic nitrogens is 1. The predicted octanol–water partition coefficient (Wildman–Crippen LogP) is 2.61. The van der Waals surface area contributed by atoms with Crippen LogP contribution in [0.3, 0.4) is 0 Å². The lowest BCUT2D eigenvalue weighted by atomic mass is 9.90. The van der Waals surface area contributed by atoms with E-state index in [2.05, 4.69) is 16.6 Å². The van der Waals surface area contributed by atoms with Gasteiger partial charge < -0.3 is 13.9 Å². The molecule has 0 radical (unpaired) electrons. The number of hydrogen-bond acceptors (Lipinski definition) is 5. The van der Waals surface area contributed by atoms with E-state index in [4.69, 9.17) is 14.6 Å². The summed E-state index contributed by atoms with van der Waals surface area (Å²) in [6.07, 6.45) is 1.76. The first-order valence-corrected chi connectivity index (χ1v) is 9.56. The van der Waals surface area contributed by atoms with Crippen LogP contribution in [0.4, 0.5) is 0 Å². The van der Waals surface area contributed by atoms with Gasteiger partial charge in [-0.05, 0) is 32.0 Å². The van der Waals surface area contributed by atoms with Gasteiger partial charge in [0.1, 0.15) is 12.1 Å². The molecule has 0 aliphatic carbocycles. The maximum atomic E-state index is 13.5. The first-order valence-electron chi connectivity index (χ1n) is 7.95. The van der Waals surface area contributed by atoms with E-state index < -0.39 is 31.4 Å². The lowest BCUT2D eigenvalue weighted by Gasteiger charge is -2.50. The van der Waals surface area contributed by atoms with Crippen LogP contribution in [0.5, 0.6) is 0 Å². The summed E-state index contributed by atoms with van der Waals surface area (Å²) in [5, 5.41) is 3.57. The number of azide groups is 1. The van der Waals surface area contributed by atoms with Gasteiger partial charge in [-0.3, -0.25) is 9.36 Å². The minimum atomic E-state index is -3.67. The summed E-state index contributed by atoms with van der Waals surface area (Å²) in [6, 6.07) is 3.85. The van der Waals surface area contributed by atoms with Crippen molar-refractivity contribution in [2.75, 3.05) is 13.2 Å². The Kier molecular flexibility index (Phi) is 4.67. The minimum absolute atomic E-state index is 0.175. The van der Waals surface area contributed by atoms with Gasteiger partial charge in [-0.15, -0.1) is 0 Å². The fourth-order valence-corrected chi connectivity index (χ4v) is 5.52. The Morgan fingerprint density at radius 3 is 2.68 bits per heavy atom. The summed E-state index contributed by atoms with van der Waals surface area (Å²) in [6.45, 7) is 7.80. The predicted molar refractivity (Wildman–Crippen MR) is 89.1 cm³/mol. The Bertz CT molecular complexity index is 812. The van der Waals surface area contributed by atoms with Crippen LogP contribution in [0.2, 0.25) is 0 Å². The number of fused-ring (bicyclic) bond motifs is 2. The molecule has 0 bridgehead atoms. The first kappa shape index (κ1) is 17.6. The van der Waals surface area contributed by atoms with E-state index in [0.29, 0.717) is 11.4 Å². The average Bonchev–Trinajstić information content (AvgIpc) is 2.60. The van der Waals surface area contributed by atoms with Crippen molar-refractivity contribution < 1.29 is 23.0 Å². The highest BCUT2D eigenvalue weighted by atomic mass is 31.2. The molecule has 3 rings (SSSR count). The van der Waals surface area contributed by atoms with Crippen LogP contribution in [0.25, 0.3) is 16.1 Å². The summed E-state index contributed by atoms with van der Waals surface area (Å²) in [7, 11) is -3.67. The van der Waals surface area contributed by atoms with Gasteiger partial charge in [0.2, 0.25) is 23.1 Å². The van der Waals surface area contributed by atoms with Gasteiger partial charge in [0.25, 0.3) is 0 Å². The van der Waals surface area contributed by atoms with Crippen LogP contribution in [0.1, 0.15) is 25.3 Å². The summed E-state index contributed by atoms with van der Waals surface area (Å²) in [5.74, 6) is -1.33. The second-order valence-corrected chi connectivity index (χ2v) is 7.66. The molecule has 2 aliphatic rings. The molecular formula is C15H19N5O4P+. The van der Waals surface area contributed by atoms with Gasteiger partial charge >= 0.3 is 7.60 Å². The molecule has 0 spiro atoms. The number of pyridine rings is 1. The number of nitrogens with zero attached hydrogens (tertiary/aromatic N) is 5. The van der Waals surface area contributed by atoms with Gasteiger partial charge in [0, 0.05) is 17.0 Å². The largest absolute Gasteiger partial charge is 0.363 e. The highest BCUT2D eigenvalue weighted by Crippen LogP contribution is 2.65. The first-order chi connectivity index (χ1) is 12.0. The van der Waals surface area contributed by atoms with Crippen molar-refractivity contribution in [1.82, 2.24) is 4.90 Å². The number of carbonyl (C=O) groups is 1. The van der Waals surface area contributed by atoms with Crippen LogP contribution in [-0.2, 0) is 18.4 Å². The van der Waals surface area contributed by atoms with Gasteiger partial charge in [-0.1, -0.05) is 5.11 Å². The van der Waals surface area contributed by atoms with Crippen LogP contribution >= 0.6 is 7.60 Å². The molecule has 0 aromatic carbocycles. The molecule has 0 saturated carbocycles. The van der Waals surface area contributed by atoms with E-state index in [1.807, 2.05) is 0 Å². The monoisotopic (exact) mass is 364 g/mol. The molecule has 25 heavy (non-hydrogen) atoms. The molecule has 1 fully saturated rings. The Hall–Kier alpha value is -2.18. The molecule has 3 atom stereocenters. The van der Waals surface area contributed by atoms with Crippen molar-refractivity contribution in [3.8, 4) is 0 Å². The van der Waals surface area contributed by atoms with Crippen molar-refractivity contribution in [2.24, 2.45) is 5.11 Å². The molecule has 1 unspecified atom stereocenters. The molecule has 10 heteroatoms. The zero-order chi connectivity index (χ0) is 18.2. The number of β-lactam (4-membered cyclic amide) rings is 1. The zero-order valence-electron chi connectivity index (χ0n) is 14.0. The topological polar surface area (TPSA) is 108 Å². The Morgan fingerprint density at radius 2 is 2.08 bits per heavy atom. The maximum Gasteiger partial charge on any atom is 0.363 e. The number of carbonyl (C=O) groups excluding carboxylic acids is 1. The van der Waals surface area contributed by atoms with E-state index in [1.54, 1.807) is 42.8 Å². The van der Waals surface area contributed by atoms with Crippen LogP contribution in [0, 0.1) is 0 Å². The normalized spacial score (nSPS) is 24.9. The number of hydrogen-bond donors (Lipinski definition) is 0. The fraction of sp³-hybridized carbons (Fsp3) is 0.467. The third-order valence-corrected chi connectivity index (χ3v) is 6.62. The van der Waals surface area contributed by atoms with Crippen LogP contribution in [-0.4, -0.2) is 36.1 Å². The van der Waals surface area contributed by atoms with Crippen LogP contribution < -0.4 is 4.57 Å². The minimum Gasteiger partial charge on any atom is -0.307 e. The molecule has 9 nitrogen and oxygen atoms in total. The van der Waals surface area contributed by atoms with Crippen molar-refractivity contribution in [1.29, 1.82) is 0 Å². The molecule has 2 aliphatic heterocycles. The van der Waals surface area contributed by atoms with Gasteiger partial charge in [-0.2, -0.15) is 4.57 Å². The highest BCUT2D eigenvalue weighted by Gasteiger charge is 2.64. The Balaban J connectivity index is 2.17. The molecule has 1 amide bonds. The third kappa shape index (κ3) is 2.56. The summed E-state index contributed by atoms with van der Waals surface area (Å²) in [4.78, 5) is 16.7. The Labute approximate surface area is 145 Å². The molecule has 132 valence electrons. The van der Waals surface area contributed by atoms with Crippen molar-refractivity contribution in [3.05, 3.63) is 47.1 Å². The molecule has 1 saturated heterocycles. The quantitative estimate of drug-likeness (QED) is 0.193. The molecule has 3 heterocycles. The summed E-state index contributed by atoms with van der Waals surface area (Å²) < 4.78 is 26.2. The highest BCUT2D eigenvalue weighted by molar-refractivity contribution is 7.54. The Morgan fingerprint density at radius 1 is 1.40 bits per heavy atom. The summed E-state index contributed by atoms with van der Waals surface area (Å²) >= 11 is 0. The van der Waals surface area contributed by atoms with E-state index in [0.717, 1.165) is 0 Å². The second kappa shape index (κ2) is 6.61. The standard InChI is InChI=1S/C15H19N5O4P/c1-4-23-25(22,24-5-2)15-11-8-6-7-9-19(11)10(3)13-12(17-18-16)14(21)20(13)15/h6-9,12-13,15H,3-5H2,1-2H3/q+1/t12-,13+,15?/m0/s1. The van der Waals surface area contributed by atoms with E-state index in [1.165, 1.54) is 4.90 Å². The average molecular weight is 364 g/mol.